The molecule has 1 N–H and O–H groups in total. The molecule has 144 valence electrons. The van der Waals surface area contributed by atoms with Gasteiger partial charge in [0.2, 0.25) is 0 Å². The molecule has 1 aliphatic carbocycles. The third kappa shape index (κ3) is 4.14. The van der Waals surface area contributed by atoms with Gasteiger partial charge < -0.3 is 10.1 Å². The number of alkyl carbamates (subject to hydrolysis) is 1. The van der Waals surface area contributed by atoms with Crippen LogP contribution in [0.25, 0.3) is 0 Å². The summed E-state index contributed by atoms with van der Waals surface area (Å²) in [7, 11) is -2.37. The highest BCUT2D eigenvalue weighted by Crippen LogP contribution is 2.40. The SMILES string of the molecule is COC(=O)NCC1(COS(C)(=O)=O)c2ccccc2CCc2ccccc21. The van der Waals surface area contributed by atoms with E-state index in [4.69, 9.17) is 8.92 Å². The number of nitrogens with one attached hydrogen (secondary N) is 1. The summed E-state index contributed by atoms with van der Waals surface area (Å²) >= 11 is 0. The average Bonchev–Trinajstić information content (AvgIpc) is 2.80. The largest absolute Gasteiger partial charge is 0.453 e. The Labute approximate surface area is 159 Å². The summed E-state index contributed by atoms with van der Waals surface area (Å²) in [6, 6.07) is 15.8. The Hall–Kier alpha value is -2.38. The fraction of sp³-hybridized carbons (Fsp3) is 0.350. The van der Waals surface area contributed by atoms with E-state index < -0.39 is 21.6 Å². The molecule has 2 aromatic carbocycles. The van der Waals surface area contributed by atoms with Crippen molar-refractivity contribution in [3.63, 3.8) is 0 Å². The normalized spacial score (nSPS) is 15.2. The van der Waals surface area contributed by atoms with Crippen molar-refractivity contribution in [1.82, 2.24) is 5.32 Å². The van der Waals surface area contributed by atoms with Crippen LogP contribution >= 0.6 is 0 Å². The van der Waals surface area contributed by atoms with Gasteiger partial charge in [-0.1, -0.05) is 48.5 Å². The zero-order valence-corrected chi connectivity index (χ0v) is 16.2. The van der Waals surface area contributed by atoms with Crippen molar-refractivity contribution in [3.05, 3.63) is 70.8 Å². The van der Waals surface area contributed by atoms with E-state index in [-0.39, 0.29) is 13.2 Å². The van der Waals surface area contributed by atoms with Crippen LogP contribution in [-0.2, 0) is 37.3 Å². The summed E-state index contributed by atoms with van der Waals surface area (Å²) in [5.74, 6) is 0. The number of benzene rings is 2. The Kier molecular flexibility index (Phi) is 5.53. The Balaban J connectivity index is 2.20. The molecular weight excluding hydrogens is 366 g/mol. The number of hydrogen-bond donors (Lipinski definition) is 1. The summed E-state index contributed by atoms with van der Waals surface area (Å²) in [6.45, 7) is 0.0487. The molecule has 0 spiro atoms. The molecular formula is C20H23NO5S. The zero-order chi connectivity index (χ0) is 19.5. The number of fused-ring (bicyclic) bond motifs is 2. The standard InChI is InChI=1S/C20H23NO5S/c1-25-19(22)21-13-20(14-26-27(2,23)24)17-9-5-3-7-15(17)11-12-16-8-4-6-10-18(16)20/h3-10H,11-14H2,1-2H3,(H,21,22). The van der Waals surface area contributed by atoms with Crippen molar-refractivity contribution in [1.29, 1.82) is 0 Å². The maximum absolute atomic E-state index is 11.8. The number of carbonyl (C=O) groups excluding carboxylic acids is 1. The quantitative estimate of drug-likeness (QED) is 0.794. The van der Waals surface area contributed by atoms with Crippen LogP contribution in [-0.4, -0.2) is 41.0 Å². The van der Waals surface area contributed by atoms with Crippen LogP contribution in [0.5, 0.6) is 0 Å². The molecule has 6 nitrogen and oxygen atoms in total. The molecule has 2 aromatic rings. The van der Waals surface area contributed by atoms with E-state index in [1.165, 1.54) is 7.11 Å². The van der Waals surface area contributed by atoms with Gasteiger partial charge in [0.25, 0.3) is 10.1 Å². The highest BCUT2D eigenvalue weighted by atomic mass is 32.2. The van der Waals surface area contributed by atoms with Gasteiger partial charge in [-0.3, -0.25) is 4.18 Å². The number of rotatable bonds is 5. The van der Waals surface area contributed by atoms with Crippen molar-refractivity contribution in [2.45, 2.75) is 18.3 Å². The fourth-order valence-corrected chi connectivity index (χ4v) is 4.14. The summed E-state index contributed by atoms with van der Waals surface area (Å²) in [6.07, 6.45) is 2.11. The predicted octanol–water partition coefficient (Wildman–Crippen LogP) is 2.40. The summed E-state index contributed by atoms with van der Waals surface area (Å²) in [4.78, 5) is 11.8. The van der Waals surface area contributed by atoms with Crippen LogP contribution in [0.3, 0.4) is 0 Å². The molecule has 0 fully saturated rings. The first-order valence-corrected chi connectivity index (χ1v) is 10.5. The number of methoxy groups -OCH3 is 1. The van der Waals surface area contributed by atoms with Crippen LogP contribution in [0.2, 0.25) is 0 Å². The van der Waals surface area contributed by atoms with Gasteiger partial charge in [0.15, 0.2) is 0 Å². The lowest BCUT2D eigenvalue weighted by molar-refractivity contribution is 0.165. The Morgan fingerprint density at radius 2 is 1.56 bits per heavy atom. The molecule has 7 heteroatoms. The van der Waals surface area contributed by atoms with Crippen molar-refractivity contribution < 1.29 is 22.1 Å². The lowest BCUT2D eigenvalue weighted by Crippen LogP contribution is -2.46. The average molecular weight is 389 g/mol. The minimum atomic E-state index is -3.67. The molecule has 0 heterocycles. The maximum atomic E-state index is 11.8. The van der Waals surface area contributed by atoms with Gasteiger partial charge in [0.05, 0.1) is 25.4 Å². The lowest BCUT2D eigenvalue weighted by atomic mass is 9.73. The first kappa shape index (κ1) is 19.4. The van der Waals surface area contributed by atoms with Crippen LogP contribution in [0.1, 0.15) is 22.3 Å². The Morgan fingerprint density at radius 1 is 1.04 bits per heavy atom. The van der Waals surface area contributed by atoms with Crippen LogP contribution in [0.4, 0.5) is 4.79 Å². The summed E-state index contributed by atoms with van der Waals surface area (Å²) < 4.78 is 33.6. The van der Waals surface area contributed by atoms with Crippen LogP contribution in [0.15, 0.2) is 48.5 Å². The fourth-order valence-electron chi connectivity index (χ4n) is 3.72. The monoisotopic (exact) mass is 389 g/mol. The second kappa shape index (κ2) is 7.70. The molecule has 0 aliphatic heterocycles. The Bertz CT molecular complexity index is 891. The van der Waals surface area contributed by atoms with Crippen molar-refractivity contribution in [2.24, 2.45) is 0 Å². The molecule has 1 amide bonds. The molecule has 0 aromatic heterocycles. The van der Waals surface area contributed by atoms with Gasteiger partial charge >= 0.3 is 6.09 Å². The second-order valence-corrected chi connectivity index (χ2v) is 8.35. The molecule has 0 radical (unpaired) electrons. The van der Waals surface area contributed by atoms with Gasteiger partial charge in [-0.2, -0.15) is 8.42 Å². The van der Waals surface area contributed by atoms with E-state index in [1.54, 1.807) is 0 Å². The maximum Gasteiger partial charge on any atom is 0.406 e. The number of amides is 1. The van der Waals surface area contributed by atoms with Gasteiger partial charge in [-0.25, -0.2) is 4.79 Å². The smallest absolute Gasteiger partial charge is 0.406 e. The van der Waals surface area contributed by atoms with Crippen LogP contribution in [0, 0.1) is 0 Å². The number of ether oxygens (including phenoxy) is 1. The number of hydrogen-bond acceptors (Lipinski definition) is 5. The van der Waals surface area contributed by atoms with E-state index in [1.807, 2.05) is 48.5 Å². The minimum Gasteiger partial charge on any atom is -0.453 e. The molecule has 3 rings (SSSR count). The third-order valence-electron chi connectivity index (χ3n) is 4.97. The molecule has 0 atom stereocenters. The number of aryl methyl sites for hydroxylation is 2. The van der Waals surface area contributed by atoms with Crippen LogP contribution < -0.4 is 5.32 Å². The minimum absolute atomic E-state index is 0.107. The highest BCUT2D eigenvalue weighted by molar-refractivity contribution is 7.85. The predicted molar refractivity (Wildman–Crippen MR) is 102 cm³/mol. The molecule has 0 unspecified atom stereocenters. The van der Waals surface area contributed by atoms with Gasteiger partial charge in [0, 0.05) is 6.54 Å². The first-order chi connectivity index (χ1) is 12.9. The molecule has 1 aliphatic rings. The van der Waals surface area contributed by atoms with Gasteiger partial charge in [-0.05, 0) is 35.1 Å². The van der Waals surface area contributed by atoms with E-state index >= 15 is 0 Å². The molecule has 0 bridgehead atoms. The summed E-state index contributed by atoms with van der Waals surface area (Å²) in [5.41, 5.74) is 3.28. The lowest BCUT2D eigenvalue weighted by Gasteiger charge is -2.35. The van der Waals surface area contributed by atoms with Crippen molar-refractivity contribution in [2.75, 3.05) is 26.5 Å². The summed E-state index contributed by atoms with van der Waals surface area (Å²) in [5, 5.41) is 2.75. The Morgan fingerprint density at radius 3 is 2.04 bits per heavy atom. The van der Waals surface area contributed by atoms with Gasteiger partial charge in [0.1, 0.15) is 0 Å². The van der Waals surface area contributed by atoms with Crippen molar-refractivity contribution in [3.8, 4) is 0 Å². The third-order valence-corrected chi connectivity index (χ3v) is 5.51. The topological polar surface area (TPSA) is 81.7 Å². The highest BCUT2D eigenvalue weighted by Gasteiger charge is 2.41. The zero-order valence-electron chi connectivity index (χ0n) is 15.4. The molecule has 0 saturated carbocycles. The van der Waals surface area contributed by atoms with E-state index in [0.717, 1.165) is 41.4 Å². The van der Waals surface area contributed by atoms with Gasteiger partial charge in [-0.15, -0.1) is 0 Å². The second-order valence-electron chi connectivity index (χ2n) is 6.71. The first-order valence-electron chi connectivity index (χ1n) is 8.69. The van der Waals surface area contributed by atoms with Crippen molar-refractivity contribution >= 4 is 16.2 Å². The molecule has 0 saturated heterocycles. The molecule has 27 heavy (non-hydrogen) atoms. The number of carbonyl (C=O) groups is 1. The van der Waals surface area contributed by atoms with E-state index in [2.05, 4.69) is 5.32 Å². The van der Waals surface area contributed by atoms with E-state index in [0.29, 0.717) is 0 Å². The van der Waals surface area contributed by atoms with E-state index in [9.17, 15) is 13.2 Å².